The number of ketones is 1. The van der Waals surface area contributed by atoms with E-state index in [2.05, 4.69) is 0 Å². The minimum Gasteiger partial charge on any atom is -0.366 e. The normalized spacial score (nSPS) is 22.3. The van der Waals surface area contributed by atoms with E-state index in [-0.39, 0.29) is 35.4 Å². The highest BCUT2D eigenvalue weighted by molar-refractivity contribution is 7.91. The fourth-order valence-corrected chi connectivity index (χ4v) is 4.01. The van der Waals surface area contributed by atoms with Gasteiger partial charge in [-0.25, -0.2) is 12.8 Å². The van der Waals surface area contributed by atoms with Gasteiger partial charge in [0.15, 0.2) is 15.6 Å². The van der Waals surface area contributed by atoms with Gasteiger partial charge < -0.3 is 4.90 Å². The maximum atomic E-state index is 13.8. The van der Waals surface area contributed by atoms with Crippen molar-refractivity contribution in [3.05, 3.63) is 29.6 Å². The van der Waals surface area contributed by atoms with Crippen LogP contribution in [0.15, 0.2) is 18.2 Å². The predicted molar refractivity (Wildman–Crippen MR) is 71.9 cm³/mol. The number of Topliss-reactive ketones (excluding diaryl/α,β-unsaturated/α-hetero) is 1. The Balaban J connectivity index is 2.43. The molecule has 1 saturated heterocycles. The molecule has 104 valence electrons. The van der Waals surface area contributed by atoms with Gasteiger partial charge >= 0.3 is 0 Å². The topological polar surface area (TPSA) is 54.5 Å². The monoisotopic (exact) mass is 285 g/mol. The van der Waals surface area contributed by atoms with Gasteiger partial charge in [0.1, 0.15) is 5.82 Å². The number of anilines is 1. The van der Waals surface area contributed by atoms with E-state index in [4.69, 9.17) is 0 Å². The third-order valence-electron chi connectivity index (χ3n) is 3.32. The summed E-state index contributed by atoms with van der Waals surface area (Å²) < 4.78 is 36.9. The predicted octanol–water partition coefficient (Wildman–Crippen LogP) is 1.65. The van der Waals surface area contributed by atoms with Crippen molar-refractivity contribution in [1.29, 1.82) is 0 Å². The molecule has 0 saturated carbocycles. The van der Waals surface area contributed by atoms with Crippen LogP contribution < -0.4 is 4.90 Å². The fourth-order valence-electron chi connectivity index (χ4n) is 2.46. The Labute approximate surface area is 112 Å². The first-order chi connectivity index (χ1) is 8.82. The summed E-state index contributed by atoms with van der Waals surface area (Å²) in [5, 5.41) is 0. The molecule has 0 aliphatic carbocycles. The zero-order valence-corrected chi connectivity index (χ0v) is 11.7. The molecule has 19 heavy (non-hydrogen) atoms. The van der Waals surface area contributed by atoms with Gasteiger partial charge in [0, 0.05) is 12.6 Å². The third kappa shape index (κ3) is 2.78. The lowest BCUT2D eigenvalue weighted by molar-refractivity contribution is 0.101. The van der Waals surface area contributed by atoms with Gasteiger partial charge in [-0.3, -0.25) is 4.79 Å². The summed E-state index contributed by atoms with van der Waals surface area (Å²) >= 11 is 0. The van der Waals surface area contributed by atoms with Gasteiger partial charge in [0.25, 0.3) is 0 Å². The Morgan fingerprint density at radius 2 is 2.11 bits per heavy atom. The number of carbonyl (C=O) groups excluding carboxylic acids is 1. The molecule has 1 fully saturated rings. The Kier molecular flexibility index (Phi) is 3.62. The lowest BCUT2D eigenvalue weighted by Gasteiger charge is -2.36. The summed E-state index contributed by atoms with van der Waals surface area (Å²) in [7, 11) is -3.04. The number of benzene rings is 1. The van der Waals surface area contributed by atoms with Crippen molar-refractivity contribution in [2.24, 2.45) is 0 Å². The summed E-state index contributed by atoms with van der Waals surface area (Å²) in [6.45, 7) is 3.37. The number of rotatable bonds is 2. The number of hydrogen-bond acceptors (Lipinski definition) is 4. The summed E-state index contributed by atoms with van der Waals surface area (Å²) in [5.74, 6) is -0.856. The third-order valence-corrected chi connectivity index (χ3v) is 5.12. The van der Waals surface area contributed by atoms with E-state index < -0.39 is 15.7 Å². The number of halogens is 1. The molecule has 1 aromatic rings. The number of nitrogens with zero attached hydrogens (tertiary/aromatic N) is 1. The highest BCUT2D eigenvalue weighted by Gasteiger charge is 2.30. The van der Waals surface area contributed by atoms with Crippen molar-refractivity contribution in [3.63, 3.8) is 0 Å². The van der Waals surface area contributed by atoms with Crippen molar-refractivity contribution in [1.82, 2.24) is 0 Å². The molecule has 0 radical (unpaired) electrons. The molecule has 1 heterocycles. The van der Waals surface area contributed by atoms with Crippen LogP contribution in [-0.2, 0) is 9.84 Å². The zero-order valence-electron chi connectivity index (χ0n) is 10.9. The van der Waals surface area contributed by atoms with Crippen LogP contribution in [0.3, 0.4) is 0 Å². The van der Waals surface area contributed by atoms with Gasteiger partial charge in [-0.1, -0.05) is 6.07 Å². The fraction of sp³-hybridized carbons (Fsp3) is 0.462. The molecular formula is C13H16FNO3S. The molecule has 0 bridgehead atoms. The van der Waals surface area contributed by atoms with E-state index in [0.29, 0.717) is 5.69 Å². The first kappa shape index (κ1) is 14.0. The SMILES string of the molecule is CC(=O)c1c(F)cccc1N1CCS(=O)(=O)CC1C. The Hall–Kier alpha value is -1.43. The molecule has 6 heteroatoms. The Morgan fingerprint density at radius 1 is 1.42 bits per heavy atom. The first-order valence-electron chi connectivity index (χ1n) is 6.08. The van der Waals surface area contributed by atoms with Crippen LogP contribution >= 0.6 is 0 Å². The zero-order chi connectivity index (χ0) is 14.2. The highest BCUT2D eigenvalue weighted by Crippen LogP contribution is 2.27. The average molecular weight is 285 g/mol. The number of carbonyl (C=O) groups is 1. The van der Waals surface area contributed by atoms with E-state index in [1.54, 1.807) is 17.9 Å². The van der Waals surface area contributed by atoms with Gasteiger partial charge in [-0.05, 0) is 26.0 Å². The summed E-state index contributed by atoms with van der Waals surface area (Å²) in [6, 6.07) is 4.17. The Bertz CT molecular complexity index is 612. The van der Waals surface area contributed by atoms with Gasteiger partial charge in [0.2, 0.25) is 0 Å². The van der Waals surface area contributed by atoms with Crippen LogP contribution in [0.2, 0.25) is 0 Å². The average Bonchev–Trinajstić information content (AvgIpc) is 2.26. The van der Waals surface area contributed by atoms with E-state index in [1.807, 2.05) is 0 Å². The minimum atomic E-state index is -3.04. The van der Waals surface area contributed by atoms with Crippen LogP contribution in [0.4, 0.5) is 10.1 Å². The largest absolute Gasteiger partial charge is 0.366 e. The van der Waals surface area contributed by atoms with E-state index >= 15 is 0 Å². The summed E-state index contributed by atoms with van der Waals surface area (Å²) in [5.41, 5.74) is 0.517. The van der Waals surface area contributed by atoms with Crippen molar-refractivity contribution in [2.45, 2.75) is 19.9 Å². The van der Waals surface area contributed by atoms with E-state index in [9.17, 15) is 17.6 Å². The lowest BCUT2D eigenvalue weighted by Crippen LogP contribution is -2.47. The molecule has 1 aliphatic heterocycles. The number of hydrogen-bond donors (Lipinski definition) is 0. The van der Waals surface area contributed by atoms with Crippen molar-refractivity contribution in [2.75, 3.05) is 23.0 Å². The molecule has 0 spiro atoms. The van der Waals surface area contributed by atoms with Crippen LogP contribution in [0.1, 0.15) is 24.2 Å². The Morgan fingerprint density at radius 3 is 2.68 bits per heavy atom. The van der Waals surface area contributed by atoms with E-state index in [1.165, 1.54) is 19.1 Å². The highest BCUT2D eigenvalue weighted by atomic mass is 32.2. The quantitative estimate of drug-likeness (QED) is 0.775. The lowest BCUT2D eigenvalue weighted by atomic mass is 10.1. The molecule has 0 N–H and O–H groups in total. The molecule has 0 aromatic heterocycles. The van der Waals surface area contributed by atoms with Crippen LogP contribution in [-0.4, -0.2) is 38.3 Å². The van der Waals surface area contributed by atoms with Crippen molar-refractivity contribution >= 4 is 21.3 Å². The van der Waals surface area contributed by atoms with Crippen LogP contribution in [0, 0.1) is 5.82 Å². The van der Waals surface area contributed by atoms with Gasteiger partial charge in [-0.15, -0.1) is 0 Å². The second-order valence-electron chi connectivity index (χ2n) is 4.85. The second kappa shape index (κ2) is 4.92. The molecule has 1 unspecified atom stereocenters. The van der Waals surface area contributed by atoms with Crippen molar-refractivity contribution in [3.8, 4) is 0 Å². The maximum Gasteiger partial charge on any atom is 0.164 e. The van der Waals surface area contributed by atoms with Gasteiger partial charge in [-0.2, -0.15) is 0 Å². The van der Waals surface area contributed by atoms with Crippen LogP contribution in [0.25, 0.3) is 0 Å². The number of sulfone groups is 1. The second-order valence-corrected chi connectivity index (χ2v) is 7.08. The minimum absolute atomic E-state index is 0.0286. The summed E-state index contributed by atoms with van der Waals surface area (Å²) in [6.07, 6.45) is 0. The summed E-state index contributed by atoms with van der Waals surface area (Å²) in [4.78, 5) is 13.4. The first-order valence-corrected chi connectivity index (χ1v) is 7.90. The molecule has 1 atom stereocenters. The van der Waals surface area contributed by atoms with Gasteiger partial charge in [0.05, 0.1) is 22.8 Å². The molecule has 2 rings (SSSR count). The van der Waals surface area contributed by atoms with Crippen LogP contribution in [0.5, 0.6) is 0 Å². The molecular weight excluding hydrogens is 269 g/mol. The van der Waals surface area contributed by atoms with Crippen molar-refractivity contribution < 1.29 is 17.6 Å². The maximum absolute atomic E-state index is 13.8. The molecule has 4 nitrogen and oxygen atoms in total. The molecule has 1 aromatic carbocycles. The standard InChI is InChI=1S/C13H16FNO3S/c1-9-8-19(17,18)7-6-15(9)12-5-3-4-11(14)13(12)10(2)16/h3-5,9H,6-8H2,1-2H3. The smallest absolute Gasteiger partial charge is 0.164 e. The molecule has 1 aliphatic rings. The molecule has 0 amide bonds. The van der Waals surface area contributed by atoms with E-state index in [0.717, 1.165) is 0 Å².